The number of aromatic nitrogens is 1. The molecule has 3 heteroatoms. The first kappa shape index (κ1) is 14.3. The third-order valence-corrected chi connectivity index (χ3v) is 3.44. The summed E-state index contributed by atoms with van der Waals surface area (Å²) in [5, 5.41) is 0. The van der Waals surface area contributed by atoms with Gasteiger partial charge >= 0.3 is 5.97 Å². The SMILES string of the molecule is CCC(C)(C)C(=O)Oc1cccc(-c2ccccn2)c1. The maximum absolute atomic E-state index is 12.1. The lowest BCUT2D eigenvalue weighted by Gasteiger charge is -2.20. The molecule has 0 fully saturated rings. The number of carbonyl (C=O) groups is 1. The number of nitrogens with zero attached hydrogens (tertiary/aromatic N) is 1. The summed E-state index contributed by atoms with van der Waals surface area (Å²) in [4.78, 5) is 16.4. The van der Waals surface area contributed by atoms with Gasteiger partial charge in [0.25, 0.3) is 0 Å². The Morgan fingerprint density at radius 3 is 2.65 bits per heavy atom. The molecule has 0 N–H and O–H groups in total. The van der Waals surface area contributed by atoms with Crippen molar-refractivity contribution in [3.63, 3.8) is 0 Å². The summed E-state index contributed by atoms with van der Waals surface area (Å²) in [5.41, 5.74) is 1.33. The van der Waals surface area contributed by atoms with Gasteiger partial charge in [0.15, 0.2) is 0 Å². The van der Waals surface area contributed by atoms with Crippen LogP contribution in [-0.2, 0) is 4.79 Å². The summed E-state index contributed by atoms with van der Waals surface area (Å²) in [5.74, 6) is 0.345. The van der Waals surface area contributed by atoms with Crippen molar-refractivity contribution >= 4 is 5.97 Å². The van der Waals surface area contributed by atoms with E-state index in [1.54, 1.807) is 12.3 Å². The molecule has 0 unspecified atom stereocenters. The van der Waals surface area contributed by atoms with Gasteiger partial charge in [-0.15, -0.1) is 0 Å². The Balaban J connectivity index is 2.21. The van der Waals surface area contributed by atoms with Gasteiger partial charge in [-0.1, -0.05) is 25.1 Å². The number of ether oxygens (including phenoxy) is 1. The van der Waals surface area contributed by atoms with Gasteiger partial charge in [0.1, 0.15) is 5.75 Å². The van der Waals surface area contributed by atoms with Gasteiger partial charge in [0.05, 0.1) is 11.1 Å². The quantitative estimate of drug-likeness (QED) is 0.620. The number of pyridine rings is 1. The van der Waals surface area contributed by atoms with Crippen LogP contribution in [0.4, 0.5) is 0 Å². The van der Waals surface area contributed by atoms with Gasteiger partial charge in [-0.05, 0) is 44.5 Å². The van der Waals surface area contributed by atoms with E-state index in [0.717, 1.165) is 17.7 Å². The number of carbonyl (C=O) groups excluding carboxylic acids is 1. The van der Waals surface area contributed by atoms with Crippen molar-refractivity contribution in [2.75, 3.05) is 0 Å². The van der Waals surface area contributed by atoms with Crippen LogP contribution in [0.15, 0.2) is 48.7 Å². The van der Waals surface area contributed by atoms with E-state index >= 15 is 0 Å². The minimum absolute atomic E-state index is 0.210. The van der Waals surface area contributed by atoms with E-state index in [1.165, 1.54) is 0 Å². The fourth-order valence-electron chi connectivity index (χ4n) is 1.64. The Kier molecular flexibility index (Phi) is 4.18. The van der Waals surface area contributed by atoms with Crippen LogP contribution in [0.2, 0.25) is 0 Å². The molecule has 0 radical (unpaired) electrons. The summed E-state index contributed by atoms with van der Waals surface area (Å²) in [6, 6.07) is 13.2. The molecule has 0 aliphatic rings. The zero-order valence-corrected chi connectivity index (χ0v) is 12.1. The minimum atomic E-state index is -0.471. The monoisotopic (exact) mass is 269 g/mol. The predicted octanol–water partition coefficient (Wildman–Crippen LogP) is 4.09. The maximum Gasteiger partial charge on any atom is 0.316 e. The fourth-order valence-corrected chi connectivity index (χ4v) is 1.64. The summed E-state index contributed by atoms with van der Waals surface area (Å²) < 4.78 is 5.47. The van der Waals surface area contributed by atoms with E-state index in [1.807, 2.05) is 57.2 Å². The molecule has 0 amide bonds. The molecule has 1 aromatic carbocycles. The lowest BCUT2D eigenvalue weighted by Crippen LogP contribution is -2.28. The Morgan fingerprint density at radius 1 is 1.20 bits per heavy atom. The van der Waals surface area contributed by atoms with Crippen molar-refractivity contribution in [1.82, 2.24) is 4.98 Å². The largest absolute Gasteiger partial charge is 0.426 e. The molecule has 0 aliphatic carbocycles. The molecule has 2 aromatic rings. The topological polar surface area (TPSA) is 39.2 Å². The Bertz CT molecular complexity index is 591. The van der Waals surface area contributed by atoms with Crippen LogP contribution in [-0.4, -0.2) is 11.0 Å². The van der Waals surface area contributed by atoms with Gasteiger partial charge in [0, 0.05) is 11.8 Å². The number of esters is 1. The first-order valence-corrected chi connectivity index (χ1v) is 6.76. The van der Waals surface area contributed by atoms with Crippen LogP contribution in [0.3, 0.4) is 0 Å². The highest BCUT2D eigenvalue weighted by Crippen LogP contribution is 2.26. The highest BCUT2D eigenvalue weighted by Gasteiger charge is 2.27. The van der Waals surface area contributed by atoms with Crippen LogP contribution in [0, 0.1) is 5.41 Å². The molecule has 2 rings (SSSR count). The van der Waals surface area contributed by atoms with E-state index in [9.17, 15) is 4.79 Å². The van der Waals surface area contributed by atoms with E-state index in [4.69, 9.17) is 4.74 Å². The highest BCUT2D eigenvalue weighted by molar-refractivity contribution is 5.78. The first-order valence-electron chi connectivity index (χ1n) is 6.76. The molecular weight excluding hydrogens is 250 g/mol. The Morgan fingerprint density at radius 2 is 2.00 bits per heavy atom. The Hall–Kier alpha value is -2.16. The average molecular weight is 269 g/mol. The number of rotatable bonds is 4. The molecule has 0 bridgehead atoms. The molecule has 0 atom stereocenters. The number of hydrogen-bond donors (Lipinski definition) is 0. The molecule has 3 nitrogen and oxygen atoms in total. The van der Waals surface area contributed by atoms with Crippen molar-refractivity contribution in [3.8, 4) is 17.0 Å². The summed E-state index contributed by atoms with van der Waals surface area (Å²) in [6.07, 6.45) is 2.49. The van der Waals surface area contributed by atoms with Crippen molar-refractivity contribution in [3.05, 3.63) is 48.7 Å². The van der Waals surface area contributed by atoms with Crippen molar-refractivity contribution in [1.29, 1.82) is 0 Å². The molecule has 1 aromatic heterocycles. The summed E-state index contributed by atoms with van der Waals surface area (Å²) in [6.45, 7) is 5.75. The Labute approximate surface area is 119 Å². The van der Waals surface area contributed by atoms with E-state index < -0.39 is 5.41 Å². The van der Waals surface area contributed by atoms with Crippen LogP contribution in [0.5, 0.6) is 5.75 Å². The van der Waals surface area contributed by atoms with Crippen LogP contribution in [0.25, 0.3) is 11.3 Å². The smallest absolute Gasteiger partial charge is 0.316 e. The molecule has 0 saturated carbocycles. The standard InChI is InChI=1S/C17H19NO2/c1-4-17(2,3)16(19)20-14-9-7-8-13(12-14)15-10-5-6-11-18-15/h5-12H,4H2,1-3H3. The zero-order valence-electron chi connectivity index (χ0n) is 12.1. The molecule has 0 spiro atoms. The van der Waals surface area contributed by atoms with Gasteiger partial charge in [0.2, 0.25) is 0 Å². The zero-order chi connectivity index (χ0) is 14.6. The predicted molar refractivity (Wildman–Crippen MR) is 79.4 cm³/mol. The molecule has 20 heavy (non-hydrogen) atoms. The second-order valence-electron chi connectivity index (χ2n) is 5.37. The molecular formula is C17H19NO2. The van der Waals surface area contributed by atoms with Gasteiger partial charge in [-0.25, -0.2) is 0 Å². The number of hydrogen-bond acceptors (Lipinski definition) is 3. The lowest BCUT2D eigenvalue weighted by molar-refractivity contribution is -0.144. The number of benzene rings is 1. The van der Waals surface area contributed by atoms with Crippen molar-refractivity contribution < 1.29 is 9.53 Å². The van der Waals surface area contributed by atoms with E-state index in [2.05, 4.69) is 4.98 Å². The maximum atomic E-state index is 12.1. The van der Waals surface area contributed by atoms with Crippen LogP contribution in [0.1, 0.15) is 27.2 Å². The molecule has 0 aliphatic heterocycles. The minimum Gasteiger partial charge on any atom is -0.426 e. The fraction of sp³-hybridized carbons (Fsp3) is 0.294. The average Bonchev–Trinajstić information content (AvgIpc) is 2.48. The molecule has 0 saturated heterocycles. The third-order valence-electron chi connectivity index (χ3n) is 3.44. The second-order valence-corrected chi connectivity index (χ2v) is 5.37. The summed E-state index contributed by atoms with van der Waals surface area (Å²) >= 11 is 0. The van der Waals surface area contributed by atoms with E-state index in [0.29, 0.717) is 5.75 Å². The van der Waals surface area contributed by atoms with Gasteiger partial charge in [-0.3, -0.25) is 9.78 Å². The van der Waals surface area contributed by atoms with Gasteiger partial charge in [-0.2, -0.15) is 0 Å². The van der Waals surface area contributed by atoms with Crippen molar-refractivity contribution in [2.24, 2.45) is 5.41 Å². The van der Waals surface area contributed by atoms with E-state index in [-0.39, 0.29) is 5.97 Å². The molecule has 1 heterocycles. The first-order chi connectivity index (χ1) is 9.53. The van der Waals surface area contributed by atoms with Gasteiger partial charge < -0.3 is 4.74 Å². The molecule has 104 valence electrons. The van der Waals surface area contributed by atoms with Crippen molar-refractivity contribution in [2.45, 2.75) is 27.2 Å². The van der Waals surface area contributed by atoms with Crippen LogP contribution >= 0.6 is 0 Å². The third kappa shape index (κ3) is 3.23. The lowest BCUT2D eigenvalue weighted by atomic mass is 9.91. The second kappa shape index (κ2) is 5.87. The summed E-state index contributed by atoms with van der Waals surface area (Å²) in [7, 11) is 0. The highest BCUT2D eigenvalue weighted by atomic mass is 16.5. The van der Waals surface area contributed by atoms with Crippen LogP contribution < -0.4 is 4.74 Å². The normalized spacial score (nSPS) is 11.2.